The fourth-order valence-corrected chi connectivity index (χ4v) is 4.03. The monoisotopic (exact) mass is 427 g/mol. The zero-order valence-corrected chi connectivity index (χ0v) is 16.4. The summed E-state index contributed by atoms with van der Waals surface area (Å²) < 4.78 is 40.6. The Labute approximate surface area is 169 Å². The number of anilines is 1. The van der Waals surface area contributed by atoms with Crippen LogP contribution >= 0.6 is 11.3 Å². The van der Waals surface area contributed by atoms with Gasteiger partial charge in [0.15, 0.2) is 0 Å². The second-order valence-electron chi connectivity index (χ2n) is 7.00. The summed E-state index contributed by atoms with van der Waals surface area (Å²) in [7, 11) is 0. The number of rotatable bonds is 6. The number of hydrogen-bond donors (Lipinski definition) is 2. The molecule has 1 aliphatic heterocycles. The molecule has 1 saturated heterocycles. The molecular weight excluding hydrogens is 407 g/mol. The Hall–Kier alpha value is -2.46. The standard InChI is InChI=1S/C19H20F3N3O3S/c1-12-11-29-17(23-12)18(28,19(20,21)22)9-15(26)24-14-5-2-4-13(8-14)10-25-7-3-6-16(25)27/h2,4-5,8,11,28H,3,6-7,9-10H2,1H3,(H,24,26). The van der Waals surface area contributed by atoms with E-state index >= 15 is 0 Å². The number of nitrogens with zero attached hydrogens (tertiary/aromatic N) is 2. The number of halogens is 3. The molecule has 1 aromatic heterocycles. The minimum Gasteiger partial charge on any atom is -0.374 e. The van der Waals surface area contributed by atoms with Crippen LogP contribution in [-0.4, -0.2) is 39.5 Å². The van der Waals surface area contributed by atoms with Crippen LogP contribution in [0.3, 0.4) is 0 Å². The summed E-state index contributed by atoms with van der Waals surface area (Å²) in [5, 5.41) is 13.5. The SMILES string of the molecule is Cc1csc(C(O)(CC(=O)Nc2cccc(CN3CCCC3=O)c2)C(F)(F)F)n1. The van der Waals surface area contributed by atoms with Crippen LogP contribution in [-0.2, 0) is 21.7 Å². The highest BCUT2D eigenvalue weighted by molar-refractivity contribution is 7.09. The lowest BCUT2D eigenvalue weighted by atomic mass is 9.99. The van der Waals surface area contributed by atoms with E-state index < -0.39 is 29.1 Å². The maximum Gasteiger partial charge on any atom is 0.424 e. The van der Waals surface area contributed by atoms with Gasteiger partial charge in [-0.2, -0.15) is 13.2 Å². The predicted molar refractivity (Wildman–Crippen MR) is 101 cm³/mol. The molecule has 0 radical (unpaired) electrons. The number of hydrogen-bond acceptors (Lipinski definition) is 5. The van der Waals surface area contributed by atoms with Gasteiger partial charge in [0.1, 0.15) is 5.01 Å². The molecule has 1 aliphatic rings. The number of amides is 2. The molecule has 1 atom stereocenters. The number of thiazole rings is 1. The molecule has 29 heavy (non-hydrogen) atoms. The molecule has 2 amide bonds. The third-order valence-corrected chi connectivity index (χ3v) is 5.72. The van der Waals surface area contributed by atoms with Crippen molar-refractivity contribution < 1.29 is 27.9 Å². The Bertz CT molecular complexity index is 915. The van der Waals surface area contributed by atoms with Crippen LogP contribution in [0.1, 0.15) is 35.5 Å². The van der Waals surface area contributed by atoms with Gasteiger partial charge < -0.3 is 15.3 Å². The number of aromatic nitrogens is 1. The number of carbonyl (C=O) groups is 2. The van der Waals surface area contributed by atoms with Crippen molar-refractivity contribution in [1.82, 2.24) is 9.88 Å². The minimum atomic E-state index is -5.06. The van der Waals surface area contributed by atoms with Crippen molar-refractivity contribution in [3.8, 4) is 0 Å². The Morgan fingerprint density at radius 1 is 1.38 bits per heavy atom. The summed E-state index contributed by atoms with van der Waals surface area (Å²) in [6.07, 6.45) is -4.98. The van der Waals surface area contributed by atoms with Crippen LogP contribution in [0.25, 0.3) is 0 Å². The number of aliphatic hydroxyl groups is 1. The van der Waals surface area contributed by atoms with Gasteiger partial charge in [-0.1, -0.05) is 12.1 Å². The summed E-state index contributed by atoms with van der Waals surface area (Å²) >= 11 is 0.653. The third kappa shape index (κ3) is 4.76. The second kappa shape index (κ2) is 8.11. The van der Waals surface area contributed by atoms with Crippen LogP contribution < -0.4 is 5.32 Å². The maximum absolute atomic E-state index is 13.5. The van der Waals surface area contributed by atoms with E-state index in [1.165, 1.54) is 18.4 Å². The number of nitrogens with one attached hydrogen (secondary N) is 1. The highest BCUT2D eigenvalue weighted by atomic mass is 32.1. The molecule has 1 unspecified atom stereocenters. The van der Waals surface area contributed by atoms with Gasteiger partial charge in [0.2, 0.25) is 17.4 Å². The van der Waals surface area contributed by atoms with Crippen LogP contribution in [0.15, 0.2) is 29.6 Å². The van der Waals surface area contributed by atoms with Gasteiger partial charge in [0.05, 0.1) is 6.42 Å². The van der Waals surface area contributed by atoms with Crippen LogP contribution in [0, 0.1) is 6.92 Å². The molecule has 1 fully saturated rings. The Morgan fingerprint density at radius 3 is 2.72 bits per heavy atom. The van der Waals surface area contributed by atoms with E-state index in [2.05, 4.69) is 10.3 Å². The molecule has 10 heteroatoms. The summed E-state index contributed by atoms with van der Waals surface area (Å²) in [4.78, 5) is 29.5. The molecule has 156 valence electrons. The van der Waals surface area contributed by atoms with Crippen molar-refractivity contribution >= 4 is 28.8 Å². The van der Waals surface area contributed by atoms with Gasteiger partial charge in [-0.15, -0.1) is 11.3 Å². The Balaban J connectivity index is 1.72. The lowest BCUT2D eigenvalue weighted by molar-refractivity contribution is -0.266. The van der Waals surface area contributed by atoms with Crippen molar-refractivity contribution in [2.75, 3.05) is 11.9 Å². The average Bonchev–Trinajstić information content (AvgIpc) is 3.23. The number of carbonyl (C=O) groups excluding carboxylic acids is 2. The molecule has 0 spiro atoms. The topological polar surface area (TPSA) is 82.5 Å². The van der Waals surface area contributed by atoms with Crippen LogP contribution in [0.4, 0.5) is 18.9 Å². The van der Waals surface area contributed by atoms with Gasteiger partial charge in [0, 0.05) is 36.3 Å². The molecule has 0 saturated carbocycles. The Morgan fingerprint density at radius 2 is 2.14 bits per heavy atom. The van der Waals surface area contributed by atoms with Crippen molar-refractivity contribution in [2.45, 2.75) is 44.5 Å². The molecular formula is C19H20F3N3O3S. The minimum absolute atomic E-state index is 0.0495. The quantitative estimate of drug-likeness (QED) is 0.741. The zero-order chi connectivity index (χ0) is 21.2. The molecule has 3 rings (SSSR count). The van der Waals surface area contributed by atoms with E-state index in [0.29, 0.717) is 42.2 Å². The molecule has 0 bridgehead atoms. The molecule has 0 aliphatic carbocycles. The van der Waals surface area contributed by atoms with E-state index in [0.717, 1.165) is 12.0 Å². The Kier molecular flexibility index (Phi) is 5.95. The largest absolute Gasteiger partial charge is 0.424 e. The number of aryl methyl sites for hydroxylation is 1. The van der Waals surface area contributed by atoms with Crippen LogP contribution in [0.5, 0.6) is 0 Å². The normalized spacial score (nSPS) is 16.7. The summed E-state index contributed by atoms with van der Waals surface area (Å²) in [5.41, 5.74) is -1.99. The smallest absolute Gasteiger partial charge is 0.374 e. The fraction of sp³-hybridized carbons (Fsp3) is 0.421. The van der Waals surface area contributed by atoms with Crippen molar-refractivity contribution in [1.29, 1.82) is 0 Å². The predicted octanol–water partition coefficient (Wildman–Crippen LogP) is 3.35. The first-order valence-electron chi connectivity index (χ1n) is 8.97. The third-order valence-electron chi connectivity index (χ3n) is 4.61. The van der Waals surface area contributed by atoms with Gasteiger partial charge in [-0.25, -0.2) is 4.98 Å². The molecule has 2 aromatic rings. The van der Waals surface area contributed by atoms with Crippen molar-refractivity contribution in [3.63, 3.8) is 0 Å². The van der Waals surface area contributed by atoms with E-state index in [1.54, 1.807) is 23.1 Å². The van der Waals surface area contributed by atoms with Crippen molar-refractivity contribution in [3.05, 3.63) is 45.9 Å². The fourth-order valence-electron chi connectivity index (χ4n) is 3.12. The van der Waals surface area contributed by atoms with Gasteiger partial charge >= 0.3 is 6.18 Å². The first-order valence-corrected chi connectivity index (χ1v) is 9.85. The first-order chi connectivity index (χ1) is 13.6. The molecule has 2 N–H and O–H groups in total. The van der Waals surface area contributed by atoms with Gasteiger partial charge in [-0.3, -0.25) is 9.59 Å². The number of alkyl halides is 3. The van der Waals surface area contributed by atoms with Crippen molar-refractivity contribution in [2.24, 2.45) is 0 Å². The first kappa shape index (κ1) is 21.3. The lowest BCUT2D eigenvalue weighted by Gasteiger charge is -2.28. The molecule has 2 heterocycles. The van der Waals surface area contributed by atoms with Crippen LogP contribution in [0.2, 0.25) is 0 Å². The highest BCUT2D eigenvalue weighted by Crippen LogP contribution is 2.43. The van der Waals surface area contributed by atoms with Gasteiger partial charge in [0.25, 0.3) is 0 Å². The van der Waals surface area contributed by atoms with E-state index in [4.69, 9.17) is 0 Å². The summed E-state index contributed by atoms with van der Waals surface area (Å²) in [6.45, 7) is 2.53. The van der Waals surface area contributed by atoms with E-state index in [-0.39, 0.29) is 5.91 Å². The van der Waals surface area contributed by atoms with E-state index in [9.17, 15) is 27.9 Å². The highest BCUT2D eigenvalue weighted by Gasteiger charge is 2.58. The van der Waals surface area contributed by atoms with Gasteiger partial charge in [-0.05, 0) is 31.0 Å². The number of benzene rings is 1. The van der Waals surface area contributed by atoms with E-state index in [1.807, 2.05) is 0 Å². The number of likely N-dealkylation sites (tertiary alicyclic amines) is 1. The lowest BCUT2D eigenvalue weighted by Crippen LogP contribution is -2.45. The zero-order valence-electron chi connectivity index (χ0n) is 15.6. The maximum atomic E-state index is 13.5. The summed E-state index contributed by atoms with van der Waals surface area (Å²) in [5.74, 6) is -0.944. The molecule has 1 aromatic carbocycles. The summed E-state index contributed by atoms with van der Waals surface area (Å²) in [6, 6.07) is 6.55. The average molecular weight is 427 g/mol. The second-order valence-corrected chi connectivity index (χ2v) is 7.85. The molecule has 6 nitrogen and oxygen atoms in total.